The molecule has 102 valence electrons. The summed E-state index contributed by atoms with van der Waals surface area (Å²) < 4.78 is 12.8. The zero-order valence-corrected chi connectivity index (χ0v) is 11.7. The number of ether oxygens (including phenoxy) is 1. The molecule has 3 aromatic rings. The molecular formula is C13H11N3O3S. The third kappa shape index (κ3) is 2.12. The van der Waals surface area contributed by atoms with Crippen molar-refractivity contribution in [1.82, 2.24) is 9.72 Å². The summed E-state index contributed by atoms with van der Waals surface area (Å²) in [7, 11) is 3.48. The number of hydrogen-bond donors (Lipinski definition) is 0. The fourth-order valence-corrected chi connectivity index (χ4v) is 2.86. The number of fused-ring (bicyclic) bond motifs is 1. The van der Waals surface area contributed by atoms with Crippen LogP contribution in [0.3, 0.4) is 0 Å². The van der Waals surface area contributed by atoms with Crippen molar-refractivity contribution in [2.24, 2.45) is 12.0 Å². The van der Waals surface area contributed by atoms with Crippen molar-refractivity contribution >= 4 is 27.5 Å². The van der Waals surface area contributed by atoms with Gasteiger partial charge in [0.1, 0.15) is 5.75 Å². The molecule has 3 rings (SSSR count). The van der Waals surface area contributed by atoms with E-state index in [2.05, 4.69) is 10.1 Å². The lowest BCUT2D eigenvalue weighted by Gasteiger charge is -1.99. The number of nitrogens with zero attached hydrogens (tertiary/aromatic N) is 3. The van der Waals surface area contributed by atoms with E-state index >= 15 is 0 Å². The number of aryl methyl sites for hydroxylation is 1. The molecule has 20 heavy (non-hydrogen) atoms. The third-order valence-electron chi connectivity index (χ3n) is 2.86. The van der Waals surface area contributed by atoms with Gasteiger partial charge in [-0.25, -0.2) is 0 Å². The van der Waals surface area contributed by atoms with Gasteiger partial charge in [-0.15, -0.1) is 0 Å². The van der Waals surface area contributed by atoms with E-state index in [1.54, 1.807) is 7.11 Å². The molecule has 6 nitrogen and oxygen atoms in total. The van der Waals surface area contributed by atoms with E-state index in [0.29, 0.717) is 4.80 Å². The molecule has 0 N–H and O–H groups in total. The minimum Gasteiger partial charge on any atom is -0.497 e. The van der Waals surface area contributed by atoms with Crippen LogP contribution >= 0.6 is 11.3 Å². The maximum Gasteiger partial charge on any atom is 0.318 e. The van der Waals surface area contributed by atoms with Crippen LogP contribution in [0.4, 0.5) is 0 Å². The monoisotopic (exact) mass is 289 g/mol. The Morgan fingerprint density at radius 2 is 2.30 bits per heavy atom. The van der Waals surface area contributed by atoms with Gasteiger partial charge in [0, 0.05) is 13.1 Å². The fourth-order valence-electron chi connectivity index (χ4n) is 1.82. The Balaban J connectivity index is 2.12. The van der Waals surface area contributed by atoms with Crippen molar-refractivity contribution in [3.63, 3.8) is 0 Å². The molecule has 0 bridgehead atoms. The molecule has 0 saturated heterocycles. The SMILES string of the molecule is COc1ccc2c(c1)sc(=NC(=O)c1ccno1)n2C. The van der Waals surface area contributed by atoms with Crippen molar-refractivity contribution in [2.75, 3.05) is 7.11 Å². The smallest absolute Gasteiger partial charge is 0.318 e. The molecule has 2 heterocycles. The minimum absolute atomic E-state index is 0.125. The Kier molecular flexibility index (Phi) is 3.11. The highest BCUT2D eigenvalue weighted by Crippen LogP contribution is 2.22. The van der Waals surface area contributed by atoms with E-state index in [9.17, 15) is 4.79 Å². The van der Waals surface area contributed by atoms with Gasteiger partial charge in [0.25, 0.3) is 0 Å². The number of amides is 1. The van der Waals surface area contributed by atoms with Crippen LogP contribution in [-0.2, 0) is 7.05 Å². The van der Waals surface area contributed by atoms with Crippen LogP contribution in [0.2, 0.25) is 0 Å². The van der Waals surface area contributed by atoms with E-state index < -0.39 is 5.91 Å². The summed E-state index contributed by atoms with van der Waals surface area (Å²) in [5.74, 6) is 0.448. The highest BCUT2D eigenvalue weighted by molar-refractivity contribution is 7.16. The predicted octanol–water partition coefficient (Wildman–Crippen LogP) is 1.98. The predicted molar refractivity (Wildman–Crippen MR) is 73.7 cm³/mol. The molecule has 0 unspecified atom stereocenters. The van der Waals surface area contributed by atoms with Crippen LogP contribution in [0.25, 0.3) is 10.2 Å². The lowest BCUT2D eigenvalue weighted by Crippen LogP contribution is -2.12. The van der Waals surface area contributed by atoms with Gasteiger partial charge in [-0.2, -0.15) is 4.99 Å². The number of rotatable bonds is 2. The quantitative estimate of drug-likeness (QED) is 0.723. The summed E-state index contributed by atoms with van der Waals surface area (Å²) >= 11 is 1.41. The lowest BCUT2D eigenvalue weighted by molar-refractivity contribution is 0.0962. The zero-order valence-electron chi connectivity index (χ0n) is 10.9. The van der Waals surface area contributed by atoms with Crippen molar-refractivity contribution < 1.29 is 14.1 Å². The van der Waals surface area contributed by atoms with Crippen molar-refractivity contribution in [2.45, 2.75) is 0 Å². The van der Waals surface area contributed by atoms with Gasteiger partial charge in [-0.1, -0.05) is 16.5 Å². The second kappa shape index (κ2) is 4.93. The number of carbonyl (C=O) groups is 1. The van der Waals surface area contributed by atoms with E-state index in [0.717, 1.165) is 16.0 Å². The first-order valence-electron chi connectivity index (χ1n) is 5.82. The third-order valence-corrected chi connectivity index (χ3v) is 3.96. The highest BCUT2D eigenvalue weighted by Gasteiger charge is 2.10. The summed E-state index contributed by atoms with van der Waals surface area (Å²) in [4.78, 5) is 16.5. The molecule has 1 amide bonds. The van der Waals surface area contributed by atoms with Gasteiger partial charge >= 0.3 is 5.91 Å². The van der Waals surface area contributed by atoms with Crippen LogP contribution in [0.5, 0.6) is 5.75 Å². The molecule has 7 heteroatoms. The van der Waals surface area contributed by atoms with E-state index in [1.807, 2.05) is 29.8 Å². The molecule has 1 aromatic carbocycles. The number of carbonyl (C=O) groups excluding carboxylic acids is 1. The van der Waals surface area contributed by atoms with E-state index in [1.165, 1.54) is 23.6 Å². The van der Waals surface area contributed by atoms with Crippen LogP contribution in [0.15, 0.2) is 40.0 Å². The molecule has 0 spiro atoms. The topological polar surface area (TPSA) is 69.6 Å². The fraction of sp³-hybridized carbons (Fsp3) is 0.154. The normalized spacial score (nSPS) is 12.0. The van der Waals surface area contributed by atoms with Gasteiger partial charge in [-0.3, -0.25) is 4.79 Å². The number of hydrogen-bond acceptors (Lipinski definition) is 5. The van der Waals surface area contributed by atoms with Gasteiger partial charge in [-0.05, 0) is 18.2 Å². The zero-order chi connectivity index (χ0) is 14.1. The molecule has 0 atom stereocenters. The van der Waals surface area contributed by atoms with Crippen molar-refractivity contribution in [3.8, 4) is 5.75 Å². The Hall–Kier alpha value is -2.41. The van der Waals surface area contributed by atoms with Gasteiger partial charge in [0.15, 0.2) is 4.80 Å². The van der Waals surface area contributed by atoms with Gasteiger partial charge < -0.3 is 13.8 Å². The van der Waals surface area contributed by atoms with Gasteiger partial charge in [0.2, 0.25) is 5.76 Å². The average Bonchev–Trinajstić information content (AvgIpc) is 3.08. The molecule has 0 fully saturated rings. The first-order chi connectivity index (χ1) is 9.69. The maximum absolute atomic E-state index is 11.9. The first-order valence-corrected chi connectivity index (χ1v) is 6.64. The maximum atomic E-state index is 11.9. The van der Waals surface area contributed by atoms with Crippen LogP contribution in [0.1, 0.15) is 10.6 Å². The molecule has 2 aromatic heterocycles. The Bertz CT molecular complexity index is 830. The largest absolute Gasteiger partial charge is 0.497 e. The summed E-state index contributed by atoms with van der Waals surface area (Å²) in [6.07, 6.45) is 1.42. The van der Waals surface area contributed by atoms with Crippen LogP contribution in [-0.4, -0.2) is 22.7 Å². The average molecular weight is 289 g/mol. The lowest BCUT2D eigenvalue weighted by atomic mass is 10.3. The number of aromatic nitrogens is 2. The van der Waals surface area contributed by atoms with Crippen LogP contribution in [0, 0.1) is 0 Å². The second-order valence-corrected chi connectivity index (χ2v) is 5.08. The van der Waals surface area contributed by atoms with Gasteiger partial charge in [0.05, 0.1) is 23.5 Å². The molecule has 0 aliphatic heterocycles. The standard InChI is InChI=1S/C13H11N3O3S/c1-16-9-4-3-8(18-2)7-11(9)20-13(16)15-12(17)10-5-6-14-19-10/h3-7H,1-2H3. The summed E-state index contributed by atoms with van der Waals surface area (Å²) in [5, 5.41) is 3.50. The second-order valence-electron chi connectivity index (χ2n) is 4.07. The number of benzene rings is 1. The summed E-state index contributed by atoms with van der Waals surface area (Å²) in [6, 6.07) is 7.21. The van der Waals surface area contributed by atoms with E-state index in [4.69, 9.17) is 9.26 Å². The minimum atomic E-state index is -0.448. The molecular weight excluding hydrogens is 278 g/mol. The number of thiazole rings is 1. The highest BCUT2D eigenvalue weighted by atomic mass is 32.1. The van der Waals surface area contributed by atoms with E-state index in [-0.39, 0.29) is 5.76 Å². The Labute approximate surface area is 117 Å². The summed E-state index contributed by atoms with van der Waals surface area (Å²) in [5.41, 5.74) is 0.986. The Morgan fingerprint density at radius 1 is 1.45 bits per heavy atom. The molecule has 0 saturated carbocycles. The Morgan fingerprint density at radius 3 is 3.00 bits per heavy atom. The van der Waals surface area contributed by atoms with Crippen LogP contribution < -0.4 is 9.54 Å². The first kappa shape index (κ1) is 12.6. The number of methoxy groups -OCH3 is 1. The molecule has 0 aliphatic carbocycles. The van der Waals surface area contributed by atoms with Crippen molar-refractivity contribution in [1.29, 1.82) is 0 Å². The molecule has 0 aliphatic rings. The molecule has 0 radical (unpaired) electrons. The van der Waals surface area contributed by atoms with Crippen molar-refractivity contribution in [3.05, 3.63) is 41.0 Å². The summed E-state index contributed by atoms with van der Waals surface area (Å²) in [6.45, 7) is 0.